The van der Waals surface area contributed by atoms with Gasteiger partial charge in [0.25, 0.3) is 5.91 Å². The van der Waals surface area contributed by atoms with Gasteiger partial charge in [-0.1, -0.05) is 59.1 Å². The number of halogens is 3. The van der Waals surface area contributed by atoms with Crippen LogP contribution in [0.25, 0.3) is 6.08 Å². The summed E-state index contributed by atoms with van der Waals surface area (Å²) in [6.45, 7) is 0.235. The Morgan fingerprint density at radius 1 is 1.09 bits per heavy atom. The number of carbonyl (C=O) groups excluding carboxylic acids is 1. The second-order valence-corrected chi connectivity index (χ2v) is 5.84. The molecule has 3 nitrogen and oxygen atoms in total. The number of nitrogens with one attached hydrogen (secondary N) is 1. The minimum Gasteiger partial charge on any atom is -0.347 e. The van der Waals surface area contributed by atoms with Gasteiger partial charge in [0.05, 0.1) is 10.0 Å². The second kappa shape index (κ2) is 8.03. The normalized spacial score (nSPS) is 11.0. The molecule has 1 N–H and O–H groups in total. The molecule has 0 fully saturated rings. The molecular formula is C17H11Cl3N2O. The molecule has 0 heterocycles. The van der Waals surface area contributed by atoms with E-state index in [0.29, 0.717) is 20.6 Å². The summed E-state index contributed by atoms with van der Waals surface area (Å²) in [6, 6.07) is 13.9. The van der Waals surface area contributed by atoms with Gasteiger partial charge in [-0.05, 0) is 35.4 Å². The topological polar surface area (TPSA) is 52.9 Å². The van der Waals surface area contributed by atoms with Crippen LogP contribution in [0.3, 0.4) is 0 Å². The van der Waals surface area contributed by atoms with E-state index < -0.39 is 5.91 Å². The lowest BCUT2D eigenvalue weighted by molar-refractivity contribution is -0.117. The van der Waals surface area contributed by atoms with Crippen molar-refractivity contribution in [2.45, 2.75) is 6.54 Å². The zero-order valence-electron chi connectivity index (χ0n) is 11.8. The zero-order chi connectivity index (χ0) is 16.8. The summed E-state index contributed by atoms with van der Waals surface area (Å²) in [7, 11) is 0. The van der Waals surface area contributed by atoms with E-state index in [2.05, 4.69) is 5.32 Å². The van der Waals surface area contributed by atoms with Crippen LogP contribution in [-0.4, -0.2) is 5.91 Å². The first-order valence-corrected chi connectivity index (χ1v) is 7.73. The maximum Gasteiger partial charge on any atom is 0.262 e. The Morgan fingerprint density at radius 3 is 2.48 bits per heavy atom. The van der Waals surface area contributed by atoms with Crippen LogP contribution in [0.1, 0.15) is 11.1 Å². The standard InChI is InChI=1S/C17H11Cl3N2O/c18-14-4-2-1-3-12(14)10-22-17(23)13(9-21)7-11-5-6-15(19)16(20)8-11/h1-8H,10H2,(H,22,23). The maximum absolute atomic E-state index is 12.1. The number of benzene rings is 2. The van der Waals surface area contributed by atoms with Gasteiger partial charge in [0.1, 0.15) is 11.6 Å². The van der Waals surface area contributed by atoms with Crippen molar-refractivity contribution in [2.24, 2.45) is 0 Å². The lowest BCUT2D eigenvalue weighted by Crippen LogP contribution is -2.24. The Bertz CT molecular complexity index is 810. The van der Waals surface area contributed by atoms with Gasteiger partial charge in [-0.15, -0.1) is 0 Å². The number of hydrogen-bond donors (Lipinski definition) is 1. The quantitative estimate of drug-likeness (QED) is 0.621. The van der Waals surface area contributed by atoms with Gasteiger partial charge in [-0.2, -0.15) is 5.26 Å². The summed E-state index contributed by atoms with van der Waals surface area (Å²) in [5.74, 6) is -0.488. The maximum atomic E-state index is 12.1. The van der Waals surface area contributed by atoms with Gasteiger partial charge in [0.2, 0.25) is 0 Å². The highest BCUT2D eigenvalue weighted by Gasteiger charge is 2.10. The van der Waals surface area contributed by atoms with E-state index in [-0.39, 0.29) is 12.1 Å². The number of carbonyl (C=O) groups is 1. The molecule has 1 amide bonds. The van der Waals surface area contributed by atoms with Crippen LogP contribution >= 0.6 is 34.8 Å². The van der Waals surface area contributed by atoms with Gasteiger partial charge in [0.15, 0.2) is 0 Å². The van der Waals surface area contributed by atoms with Crippen molar-refractivity contribution in [3.63, 3.8) is 0 Å². The van der Waals surface area contributed by atoms with Crippen LogP contribution in [0.4, 0.5) is 0 Å². The Labute approximate surface area is 149 Å². The smallest absolute Gasteiger partial charge is 0.262 e. The predicted octanol–water partition coefficient (Wildman–Crippen LogP) is 4.87. The van der Waals surface area contributed by atoms with Crippen molar-refractivity contribution >= 4 is 46.8 Å². The Hall–Kier alpha value is -1.99. The molecule has 0 radical (unpaired) electrons. The number of amides is 1. The number of nitriles is 1. The lowest BCUT2D eigenvalue weighted by Gasteiger charge is -2.06. The predicted molar refractivity (Wildman–Crippen MR) is 93.4 cm³/mol. The molecule has 116 valence electrons. The van der Waals surface area contributed by atoms with Crippen molar-refractivity contribution in [1.82, 2.24) is 5.32 Å². The fraction of sp³-hybridized carbons (Fsp3) is 0.0588. The minimum atomic E-state index is -0.488. The van der Waals surface area contributed by atoms with Crippen molar-refractivity contribution in [3.8, 4) is 6.07 Å². The van der Waals surface area contributed by atoms with Gasteiger partial charge in [-0.25, -0.2) is 0 Å². The molecule has 2 aromatic carbocycles. The van der Waals surface area contributed by atoms with Crippen LogP contribution in [-0.2, 0) is 11.3 Å². The third-order valence-corrected chi connectivity index (χ3v) is 4.12. The van der Waals surface area contributed by atoms with Crippen molar-refractivity contribution in [3.05, 3.63) is 74.2 Å². The third-order valence-electron chi connectivity index (χ3n) is 3.02. The summed E-state index contributed by atoms with van der Waals surface area (Å²) >= 11 is 17.8. The zero-order valence-corrected chi connectivity index (χ0v) is 14.1. The summed E-state index contributed by atoms with van der Waals surface area (Å²) < 4.78 is 0. The molecule has 0 bridgehead atoms. The Morgan fingerprint density at radius 2 is 1.83 bits per heavy atom. The average molecular weight is 366 g/mol. The second-order valence-electron chi connectivity index (χ2n) is 4.62. The SMILES string of the molecule is N#CC(=Cc1ccc(Cl)c(Cl)c1)C(=O)NCc1ccccc1Cl. The van der Waals surface area contributed by atoms with Crippen LogP contribution in [0.2, 0.25) is 15.1 Å². The van der Waals surface area contributed by atoms with E-state index in [4.69, 9.17) is 40.1 Å². The van der Waals surface area contributed by atoms with E-state index in [1.807, 2.05) is 12.1 Å². The Kier molecular flexibility index (Phi) is 6.06. The molecule has 23 heavy (non-hydrogen) atoms. The highest BCUT2D eigenvalue weighted by atomic mass is 35.5. The molecule has 6 heteroatoms. The monoisotopic (exact) mass is 364 g/mol. The number of rotatable bonds is 4. The van der Waals surface area contributed by atoms with Crippen LogP contribution < -0.4 is 5.32 Å². The molecule has 0 aromatic heterocycles. The van der Waals surface area contributed by atoms with E-state index in [1.54, 1.807) is 36.4 Å². The van der Waals surface area contributed by atoms with Gasteiger partial charge >= 0.3 is 0 Å². The van der Waals surface area contributed by atoms with Crippen LogP contribution in [0, 0.1) is 11.3 Å². The summed E-state index contributed by atoms with van der Waals surface area (Å²) in [4.78, 5) is 12.1. The fourth-order valence-corrected chi connectivity index (χ4v) is 2.34. The molecule has 2 aromatic rings. The van der Waals surface area contributed by atoms with Gasteiger partial charge in [0, 0.05) is 11.6 Å². The first-order valence-electron chi connectivity index (χ1n) is 6.59. The summed E-state index contributed by atoms with van der Waals surface area (Å²) in [5, 5.41) is 13.2. The largest absolute Gasteiger partial charge is 0.347 e. The first kappa shape index (κ1) is 17.4. The Balaban J connectivity index is 2.12. The molecule has 0 atom stereocenters. The molecule has 0 spiro atoms. The molecule has 0 aliphatic carbocycles. The van der Waals surface area contributed by atoms with Gasteiger partial charge < -0.3 is 5.32 Å². The first-order chi connectivity index (χ1) is 11.0. The average Bonchev–Trinajstić information content (AvgIpc) is 2.54. The highest BCUT2D eigenvalue weighted by molar-refractivity contribution is 6.42. The lowest BCUT2D eigenvalue weighted by atomic mass is 10.1. The van der Waals surface area contributed by atoms with Crippen molar-refractivity contribution in [2.75, 3.05) is 0 Å². The summed E-state index contributed by atoms with van der Waals surface area (Å²) in [6.07, 6.45) is 1.45. The highest BCUT2D eigenvalue weighted by Crippen LogP contribution is 2.23. The van der Waals surface area contributed by atoms with Crippen molar-refractivity contribution in [1.29, 1.82) is 5.26 Å². The molecule has 0 saturated heterocycles. The van der Waals surface area contributed by atoms with E-state index in [9.17, 15) is 4.79 Å². The van der Waals surface area contributed by atoms with E-state index in [1.165, 1.54) is 6.08 Å². The van der Waals surface area contributed by atoms with E-state index >= 15 is 0 Å². The summed E-state index contributed by atoms with van der Waals surface area (Å²) in [5.41, 5.74) is 1.36. The third kappa shape index (κ3) is 4.74. The van der Waals surface area contributed by atoms with Gasteiger partial charge in [-0.3, -0.25) is 4.79 Å². The van der Waals surface area contributed by atoms with Crippen LogP contribution in [0.15, 0.2) is 48.0 Å². The molecule has 2 rings (SSSR count). The molecule has 0 aliphatic rings. The minimum absolute atomic E-state index is 0.0320. The van der Waals surface area contributed by atoms with Crippen molar-refractivity contribution < 1.29 is 4.79 Å². The molecule has 0 unspecified atom stereocenters. The molecular weight excluding hydrogens is 355 g/mol. The fourth-order valence-electron chi connectivity index (χ4n) is 1.83. The van der Waals surface area contributed by atoms with Crippen LogP contribution in [0.5, 0.6) is 0 Å². The molecule has 0 saturated carbocycles. The number of nitrogens with zero attached hydrogens (tertiary/aromatic N) is 1. The molecule has 0 aliphatic heterocycles. The van der Waals surface area contributed by atoms with E-state index in [0.717, 1.165) is 5.56 Å². The number of hydrogen-bond acceptors (Lipinski definition) is 2.